The van der Waals surface area contributed by atoms with E-state index in [0.717, 1.165) is 12.1 Å². The number of carboxylic acid groups (broad SMARTS) is 1. The molecule has 0 saturated heterocycles. The smallest absolute Gasteiger partial charge is 0.496 e. The Kier molecular flexibility index (Phi) is 4.25. The van der Waals surface area contributed by atoms with Gasteiger partial charge in [0.15, 0.2) is 0 Å². The lowest BCUT2D eigenvalue weighted by Crippen LogP contribution is -2.17. The van der Waals surface area contributed by atoms with E-state index in [9.17, 15) is 23.1 Å². The number of carbonyl (C=O) groups is 1. The molecule has 116 valence electrons. The molecule has 0 fully saturated rings. The first-order valence-electron chi connectivity index (χ1n) is 6.08. The zero-order valence-corrected chi connectivity index (χ0v) is 11.3. The highest BCUT2D eigenvalue weighted by Gasteiger charge is 2.31. The van der Waals surface area contributed by atoms with Gasteiger partial charge in [-0.1, -0.05) is 18.2 Å². The molecule has 0 saturated carbocycles. The third-order valence-corrected chi connectivity index (χ3v) is 2.83. The highest BCUT2D eigenvalue weighted by Crippen LogP contribution is 2.36. The van der Waals surface area contributed by atoms with E-state index in [0.29, 0.717) is 0 Å². The van der Waals surface area contributed by atoms with Gasteiger partial charge in [-0.15, -0.1) is 13.2 Å². The topological polar surface area (TPSA) is 55.8 Å². The molecule has 2 aromatic carbocycles. The Morgan fingerprint density at radius 1 is 1.14 bits per heavy atom. The van der Waals surface area contributed by atoms with Gasteiger partial charge in [-0.2, -0.15) is 0 Å². The minimum absolute atomic E-state index is 0.0801. The zero-order valence-electron chi connectivity index (χ0n) is 11.3. The monoisotopic (exact) mass is 312 g/mol. The largest absolute Gasteiger partial charge is 0.573 e. The van der Waals surface area contributed by atoms with Crippen molar-refractivity contribution in [1.29, 1.82) is 0 Å². The van der Waals surface area contributed by atoms with E-state index in [1.54, 1.807) is 0 Å². The molecule has 0 bridgehead atoms. The van der Waals surface area contributed by atoms with Gasteiger partial charge in [-0.05, 0) is 29.8 Å². The summed E-state index contributed by atoms with van der Waals surface area (Å²) >= 11 is 0. The van der Waals surface area contributed by atoms with Crippen LogP contribution in [0.15, 0.2) is 42.5 Å². The second kappa shape index (κ2) is 5.97. The van der Waals surface area contributed by atoms with Gasteiger partial charge >= 0.3 is 12.3 Å². The molecule has 1 N–H and O–H groups in total. The van der Waals surface area contributed by atoms with Gasteiger partial charge in [0.2, 0.25) is 0 Å². The molecule has 2 rings (SSSR count). The molecule has 0 aliphatic carbocycles. The fraction of sp³-hybridized carbons (Fsp3) is 0.133. The summed E-state index contributed by atoms with van der Waals surface area (Å²) in [4.78, 5) is 11.3. The van der Waals surface area contributed by atoms with Crippen LogP contribution in [0.4, 0.5) is 13.2 Å². The minimum atomic E-state index is -4.82. The number of rotatable bonds is 4. The Morgan fingerprint density at radius 3 is 2.41 bits per heavy atom. The van der Waals surface area contributed by atoms with Crippen LogP contribution in [0.5, 0.6) is 11.5 Å². The minimum Gasteiger partial charge on any atom is -0.496 e. The molecule has 4 nitrogen and oxygen atoms in total. The van der Waals surface area contributed by atoms with Crippen LogP contribution in [0, 0.1) is 0 Å². The van der Waals surface area contributed by atoms with Crippen LogP contribution in [0.1, 0.15) is 10.4 Å². The molecule has 0 amide bonds. The maximum absolute atomic E-state index is 12.3. The predicted molar refractivity (Wildman–Crippen MR) is 72.1 cm³/mol. The standard InChI is InChI=1S/C15H11F3O4/c1-21-12-7-3-6-11(14(19)20)13(12)9-4-2-5-10(8-9)22-15(16,17)18/h2-8H,1H3,(H,19,20). The first kappa shape index (κ1) is 15.7. The highest BCUT2D eigenvalue weighted by atomic mass is 19.4. The Balaban J connectivity index is 2.57. The van der Waals surface area contributed by atoms with E-state index in [1.807, 2.05) is 0 Å². The van der Waals surface area contributed by atoms with Gasteiger partial charge in [-0.25, -0.2) is 4.79 Å². The average Bonchev–Trinajstić information content (AvgIpc) is 2.44. The van der Waals surface area contributed by atoms with Crippen LogP contribution in [0.25, 0.3) is 11.1 Å². The first-order chi connectivity index (χ1) is 10.3. The summed E-state index contributed by atoms with van der Waals surface area (Å²) in [6.45, 7) is 0. The van der Waals surface area contributed by atoms with Crippen LogP contribution in [0.3, 0.4) is 0 Å². The second-order valence-electron chi connectivity index (χ2n) is 4.26. The predicted octanol–water partition coefficient (Wildman–Crippen LogP) is 3.96. The van der Waals surface area contributed by atoms with Gasteiger partial charge in [0.1, 0.15) is 11.5 Å². The molecular weight excluding hydrogens is 301 g/mol. The molecular formula is C15H11F3O4. The Bertz CT molecular complexity index is 695. The first-order valence-corrected chi connectivity index (χ1v) is 6.08. The summed E-state index contributed by atoms with van der Waals surface area (Å²) in [5.41, 5.74) is 0.352. The van der Waals surface area contributed by atoms with Crippen molar-refractivity contribution in [3.05, 3.63) is 48.0 Å². The molecule has 2 aromatic rings. The summed E-state index contributed by atoms with van der Waals surface area (Å²) in [7, 11) is 1.35. The molecule has 0 aliphatic heterocycles. The maximum Gasteiger partial charge on any atom is 0.573 e. The van der Waals surface area contributed by atoms with Crippen molar-refractivity contribution in [3.63, 3.8) is 0 Å². The van der Waals surface area contributed by atoms with Crippen molar-refractivity contribution < 1.29 is 32.5 Å². The third kappa shape index (κ3) is 3.49. The van der Waals surface area contributed by atoms with Crippen LogP contribution < -0.4 is 9.47 Å². The Labute approximate surface area is 123 Å². The summed E-state index contributed by atoms with van der Waals surface area (Å²) in [5, 5.41) is 9.24. The van der Waals surface area contributed by atoms with Crippen LogP contribution in [0.2, 0.25) is 0 Å². The van der Waals surface area contributed by atoms with Crippen molar-refractivity contribution in [2.45, 2.75) is 6.36 Å². The van der Waals surface area contributed by atoms with E-state index in [-0.39, 0.29) is 22.4 Å². The number of halogens is 3. The number of hydrogen-bond acceptors (Lipinski definition) is 3. The molecule has 22 heavy (non-hydrogen) atoms. The Morgan fingerprint density at radius 2 is 1.82 bits per heavy atom. The molecule has 0 unspecified atom stereocenters. The second-order valence-corrected chi connectivity index (χ2v) is 4.26. The zero-order chi connectivity index (χ0) is 16.3. The maximum atomic E-state index is 12.3. The van der Waals surface area contributed by atoms with Gasteiger partial charge < -0.3 is 14.6 Å². The van der Waals surface area contributed by atoms with Crippen molar-refractivity contribution in [2.24, 2.45) is 0 Å². The Hall–Kier alpha value is -2.70. The number of alkyl halides is 3. The summed E-state index contributed by atoms with van der Waals surface area (Å²) in [6.07, 6.45) is -4.82. The fourth-order valence-electron chi connectivity index (χ4n) is 2.03. The number of aromatic carboxylic acids is 1. The van der Waals surface area contributed by atoms with Gasteiger partial charge in [0.05, 0.1) is 12.7 Å². The molecule has 0 spiro atoms. The molecule has 0 aliphatic rings. The van der Waals surface area contributed by atoms with E-state index < -0.39 is 18.1 Å². The van der Waals surface area contributed by atoms with E-state index in [2.05, 4.69) is 4.74 Å². The quantitative estimate of drug-likeness (QED) is 0.928. The van der Waals surface area contributed by atoms with Gasteiger partial charge in [-0.3, -0.25) is 0 Å². The van der Waals surface area contributed by atoms with Crippen LogP contribution in [-0.2, 0) is 0 Å². The number of methoxy groups -OCH3 is 1. The van der Waals surface area contributed by atoms with Crippen molar-refractivity contribution in [2.75, 3.05) is 7.11 Å². The third-order valence-electron chi connectivity index (χ3n) is 2.83. The molecule has 0 heterocycles. The normalized spacial score (nSPS) is 11.1. The van der Waals surface area contributed by atoms with Crippen molar-refractivity contribution in [1.82, 2.24) is 0 Å². The molecule has 0 atom stereocenters. The number of hydrogen-bond donors (Lipinski definition) is 1. The number of carboxylic acids is 1. The van der Waals surface area contributed by atoms with Crippen molar-refractivity contribution >= 4 is 5.97 Å². The molecule has 0 aromatic heterocycles. The highest BCUT2D eigenvalue weighted by molar-refractivity contribution is 5.98. The molecule has 0 radical (unpaired) electrons. The number of ether oxygens (including phenoxy) is 2. The van der Waals surface area contributed by atoms with E-state index >= 15 is 0 Å². The van der Waals surface area contributed by atoms with Crippen LogP contribution in [-0.4, -0.2) is 24.5 Å². The fourth-order valence-corrected chi connectivity index (χ4v) is 2.03. The van der Waals surface area contributed by atoms with Gasteiger partial charge in [0, 0.05) is 5.56 Å². The van der Waals surface area contributed by atoms with E-state index in [1.165, 1.54) is 37.4 Å². The SMILES string of the molecule is COc1cccc(C(=O)O)c1-c1cccc(OC(F)(F)F)c1. The lowest BCUT2D eigenvalue weighted by atomic mass is 9.98. The lowest BCUT2D eigenvalue weighted by molar-refractivity contribution is -0.274. The summed E-state index contributed by atoms with van der Waals surface area (Å²) < 4.78 is 45.8. The summed E-state index contributed by atoms with van der Waals surface area (Å²) in [5.74, 6) is -1.41. The van der Waals surface area contributed by atoms with Gasteiger partial charge in [0.25, 0.3) is 0 Å². The number of benzene rings is 2. The summed E-state index contributed by atoms with van der Waals surface area (Å²) in [6, 6.07) is 9.42. The molecule has 7 heteroatoms. The van der Waals surface area contributed by atoms with Crippen molar-refractivity contribution in [3.8, 4) is 22.6 Å². The van der Waals surface area contributed by atoms with Crippen LogP contribution >= 0.6 is 0 Å². The van der Waals surface area contributed by atoms with E-state index in [4.69, 9.17) is 4.74 Å². The lowest BCUT2D eigenvalue weighted by Gasteiger charge is -2.14. The average molecular weight is 312 g/mol.